The molecule has 1 aliphatic carbocycles. The van der Waals surface area contributed by atoms with Gasteiger partial charge < -0.3 is 14.8 Å². The third-order valence-corrected chi connectivity index (χ3v) is 5.64. The average Bonchev–Trinajstić information content (AvgIpc) is 3.02. The number of fused-ring (bicyclic) bond motifs is 2. The second-order valence-electron chi connectivity index (χ2n) is 7.73. The van der Waals surface area contributed by atoms with E-state index in [0.717, 1.165) is 54.3 Å². The molecule has 1 N–H and O–H groups in total. The summed E-state index contributed by atoms with van der Waals surface area (Å²) in [7, 11) is 1.54. The van der Waals surface area contributed by atoms with E-state index in [0.29, 0.717) is 17.0 Å². The standard InChI is InChI=1S/C25H26N2O4/c1-16(24(28)27-21-14-8-9-15-22(21)30-2)31-25(29)23-17-10-4-3-5-12-19(17)26-20-13-7-6-11-18(20)23/h6-9,11,13-16H,3-5,10,12H2,1-2H3,(H,27,28)/t16-/m1/s1. The van der Waals surface area contributed by atoms with E-state index in [1.807, 2.05) is 30.3 Å². The van der Waals surface area contributed by atoms with Crippen LogP contribution < -0.4 is 10.1 Å². The molecule has 6 heteroatoms. The highest BCUT2D eigenvalue weighted by Gasteiger charge is 2.26. The van der Waals surface area contributed by atoms with E-state index < -0.39 is 18.0 Å². The summed E-state index contributed by atoms with van der Waals surface area (Å²) >= 11 is 0. The molecule has 1 aliphatic rings. The number of carbonyl (C=O) groups is 2. The summed E-state index contributed by atoms with van der Waals surface area (Å²) in [6.07, 6.45) is 3.86. The monoisotopic (exact) mass is 418 g/mol. The number of carbonyl (C=O) groups excluding carboxylic acids is 2. The molecule has 0 spiro atoms. The van der Waals surface area contributed by atoms with Crippen molar-refractivity contribution in [2.75, 3.05) is 12.4 Å². The fourth-order valence-corrected chi connectivity index (χ4v) is 4.04. The first-order valence-electron chi connectivity index (χ1n) is 10.6. The Balaban J connectivity index is 1.61. The predicted octanol–water partition coefficient (Wildman–Crippen LogP) is 4.70. The smallest absolute Gasteiger partial charge is 0.339 e. The number of ether oxygens (including phenoxy) is 2. The molecule has 6 nitrogen and oxygen atoms in total. The molecular weight excluding hydrogens is 392 g/mol. The van der Waals surface area contributed by atoms with Crippen molar-refractivity contribution in [3.8, 4) is 5.75 Å². The highest BCUT2D eigenvalue weighted by Crippen LogP contribution is 2.30. The third-order valence-electron chi connectivity index (χ3n) is 5.64. The zero-order valence-electron chi connectivity index (χ0n) is 17.8. The van der Waals surface area contributed by atoms with Crippen LogP contribution in [0.5, 0.6) is 5.75 Å². The molecule has 3 aromatic rings. The molecule has 1 amide bonds. The number of esters is 1. The first-order chi connectivity index (χ1) is 15.1. The maximum Gasteiger partial charge on any atom is 0.339 e. The molecule has 31 heavy (non-hydrogen) atoms. The molecule has 2 aromatic carbocycles. The summed E-state index contributed by atoms with van der Waals surface area (Å²) in [5, 5.41) is 3.54. The SMILES string of the molecule is COc1ccccc1NC(=O)[C@@H](C)OC(=O)c1c2c(nc3ccccc13)CCCCC2. The second-order valence-corrected chi connectivity index (χ2v) is 7.73. The number of aromatic nitrogens is 1. The highest BCUT2D eigenvalue weighted by molar-refractivity contribution is 6.06. The molecule has 1 heterocycles. The minimum atomic E-state index is -0.967. The van der Waals surface area contributed by atoms with Gasteiger partial charge in [0.1, 0.15) is 5.75 Å². The van der Waals surface area contributed by atoms with Gasteiger partial charge in [0.15, 0.2) is 6.10 Å². The van der Waals surface area contributed by atoms with Crippen molar-refractivity contribution >= 4 is 28.5 Å². The number of amides is 1. The summed E-state index contributed by atoms with van der Waals surface area (Å²) < 4.78 is 10.9. The lowest BCUT2D eigenvalue weighted by atomic mass is 9.97. The zero-order valence-corrected chi connectivity index (χ0v) is 17.8. The third kappa shape index (κ3) is 4.38. The number of rotatable bonds is 5. The average molecular weight is 418 g/mol. The number of nitrogens with one attached hydrogen (secondary N) is 1. The van der Waals surface area contributed by atoms with Gasteiger partial charge in [0.25, 0.3) is 5.91 Å². The number of methoxy groups -OCH3 is 1. The largest absolute Gasteiger partial charge is 0.495 e. The van der Waals surface area contributed by atoms with Gasteiger partial charge in [-0.1, -0.05) is 36.8 Å². The number of aryl methyl sites for hydroxylation is 1. The van der Waals surface area contributed by atoms with E-state index in [1.165, 1.54) is 7.11 Å². The number of para-hydroxylation sites is 3. The van der Waals surface area contributed by atoms with Gasteiger partial charge in [-0.15, -0.1) is 0 Å². The summed E-state index contributed by atoms with van der Waals surface area (Å²) in [4.78, 5) is 30.8. The van der Waals surface area contributed by atoms with Crippen LogP contribution in [0, 0.1) is 0 Å². The number of pyridine rings is 1. The molecule has 0 radical (unpaired) electrons. The Morgan fingerprint density at radius 3 is 2.58 bits per heavy atom. The van der Waals surface area contributed by atoms with Crippen LogP contribution in [0.15, 0.2) is 48.5 Å². The van der Waals surface area contributed by atoms with Gasteiger partial charge in [0.05, 0.1) is 23.9 Å². The minimum absolute atomic E-state index is 0.415. The van der Waals surface area contributed by atoms with Crippen molar-refractivity contribution in [3.05, 3.63) is 65.4 Å². The van der Waals surface area contributed by atoms with Gasteiger partial charge in [-0.2, -0.15) is 0 Å². The van der Waals surface area contributed by atoms with Crippen LogP contribution in [0.25, 0.3) is 10.9 Å². The van der Waals surface area contributed by atoms with Gasteiger partial charge in [0.2, 0.25) is 0 Å². The Bertz CT molecular complexity index is 1130. The highest BCUT2D eigenvalue weighted by atomic mass is 16.5. The molecule has 160 valence electrons. The van der Waals surface area contributed by atoms with Gasteiger partial charge in [0, 0.05) is 11.1 Å². The number of nitrogens with zero attached hydrogens (tertiary/aromatic N) is 1. The quantitative estimate of drug-likeness (QED) is 0.480. The van der Waals surface area contributed by atoms with Crippen LogP contribution in [-0.2, 0) is 22.4 Å². The Hall–Kier alpha value is -3.41. The van der Waals surface area contributed by atoms with E-state index in [2.05, 4.69) is 5.32 Å². The Kier molecular flexibility index (Phi) is 6.16. The van der Waals surface area contributed by atoms with Crippen LogP contribution in [0.2, 0.25) is 0 Å². The van der Waals surface area contributed by atoms with Crippen LogP contribution in [0.4, 0.5) is 5.69 Å². The number of benzene rings is 2. The van der Waals surface area contributed by atoms with E-state index in [1.54, 1.807) is 25.1 Å². The normalized spacial score (nSPS) is 14.3. The van der Waals surface area contributed by atoms with Crippen LogP contribution >= 0.6 is 0 Å². The molecule has 0 bridgehead atoms. The summed E-state index contributed by atoms with van der Waals surface area (Å²) in [6.45, 7) is 1.57. The molecular formula is C25H26N2O4. The summed E-state index contributed by atoms with van der Waals surface area (Å²) in [5.41, 5.74) is 3.77. The van der Waals surface area contributed by atoms with Gasteiger partial charge in [-0.3, -0.25) is 9.78 Å². The van der Waals surface area contributed by atoms with Gasteiger partial charge in [-0.05, 0) is 56.4 Å². The van der Waals surface area contributed by atoms with Crippen molar-refractivity contribution in [2.24, 2.45) is 0 Å². The Morgan fingerprint density at radius 1 is 1.00 bits per heavy atom. The van der Waals surface area contributed by atoms with E-state index >= 15 is 0 Å². The molecule has 0 saturated heterocycles. The van der Waals surface area contributed by atoms with Crippen molar-refractivity contribution in [1.82, 2.24) is 4.98 Å². The summed E-state index contributed by atoms with van der Waals surface area (Å²) in [5.74, 6) is -0.360. The number of hydrogen-bond acceptors (Lipinski definition) is 5. The van der Waals surface area contributed by atoms with Crippen molar-refractivity contribution in [3.63, 3.8) is 0 Å². The van der Waals surface area contributed by atoms with Crippen molar-refractivity contribution < 1.29 is 19.1 Å². The minimum Gasteiger partial charge on any atom is -0.495 e. The Morgan fingerprint density at radius 2 is 1.74 bits per heavy atom. The molecule has 0 unspecified atom stereocenters. The van der Waals surface area contributed by atoms with Gasteiger partial charge >= 0.3 is 5.97 Å². The topological polar surface area (TPSA) is 77.5 Å². The molecule has 1 aromatic heterocycles. The summed E-state index contributed by atoms with van der Waals surface area (Å²) in [6, 6.07) is 14.7. The van der Waals surface area contributed by atoms with Crippen molar-refractivity contribution in [1.29, 1.82) is 0 Å². The fraction of sp³-hybridized carbons (Fsp3) is 0.320. The first-order valence-corrected chi connectivity index (χ1v) is 10.6. The zero-order chi connectivity index (χ0) is 21.8. The number of anilines is 1. The van der Waals surface area contributed by atoms with E-state index in [-0.39, 0.29) is 0 Å². The van der Waals surface area contributed by atoms with Crippen LogP contribution in [-0.4, -0.2) is 30.1 Å². The fourth-order valence-electron chi connectivity index (χ4n) is 4.04. The molecule has 0 fully saturated rings. The van der Waals surface area contributed by atoms with Crippen LogP contribution in [0.3, 0.4) is 0 Å². The maximum absolute atomic E-state index is 13.3. The lowest BCUT2D eigenvalue weighted by Crippen LogP contribution is -2.30. The second kappa shape index (κ2) is 9.16. The van der Waals surface area contributed by atoms with Crippen LogP contribution in [0.1, 0.15) is 47.8 Å². The number of hydrogen-bond donors (Lipinski definition) is 1. The first kappa shape index (κ1) is 20.8. The lowest BCUT2D eigenvalue weighted by molar-refractivity contribution is -0.123. The van der Waals surface area contributed by atoms with Crippen molar-refractivity contribution in [2.45, 2.75) is 45.1 Å². The molecule has 4 rings (SSSR count). The molecule has 0 aliphatic heterocycles. The van der Waals surface area contributed by atoms with E-state index in [9.17, 15) is 9.59 Å². The molecule has 0 saturated carbocycles. The molecule has 1 atom stereocenters. The van der Waals surface area contributed by atoms with Gasteiger partial charge in [-0.25, -0.2) is 4.79 Å². The Labute approximate surface area is 181 Å². The lowest BCUT2D eigenvalue weighted by Gasteiger charge is -2.18. The van der Waals surface area contributed by atoms with E-state index in [4.69, 9.17) is 14.5 Å². The predicted molar refractivity (Wildman–Crippen MR) is 120 cm³/mol. The maximum atomic E-state index is 13.3.